The predicted octanol–water partition coefficient (Wildman–Crippen LogP) is 12.4. The molecule has 0 unspecified atom stereocenters. The first kappa shape index (κ1) is 86.9. The van der Waals surface area contributed by atoms with Gasteiger partial charge in [0.15, 0.2) is 0 Å². The fourth-order valence-corrected chi connectivity index (χ4v) is 18.6. The molecule has 0 aliphatic carbocycles. The minimum atomic E-state index is -3.86. The van der Waals surface area contributed by atoms with Crippen molar-refractivity contribution in [2.24, 2.45) is 0 Å². The van der Waals surface area contributed by atoms with Crippen LogP contribution < -0.4 is 18.9 Å². The van der Waals surface area contributed by atoms with Crippen molar-refractivity contribution in [3.8, 4) is 23.0 Å². The predicted molar refractivity (Wildman–Crippen MR) is 396 cm³/mol. The number of carbonyl (C=O) groups is 2. The number of halogens is 1. The summed E-state index contributed by atoms with van der Waals surface area (Å²) in [7, 11) is -3.55. The molecule has 0 atom stereocenters. The average Bonchev–Trinajstić information content (AvgIpc) is 0.788. The molecule has 102 heavy (non-hydrogen) atoms. The summed E-state index contributed by atoms with van der Waals surface area (Å²) in [6.07, 6.45) is 0. The summed E-state index contributed by atoms with van der Waals surface area (Å²) in [5.41, 5.74) is 10.1. The lowest BCUT2D eigenvalue weighted by atomic mass is 10.1. The second-order valence-electron chi connectivity index (χ2n) is 25.1. The number of hydrogen-bond acceptors (Lipinski definition) is 18. The number of carboxylic acids is 1. The van der Waals surface area contributed by atoms with Crippen molar-refractivity contribution < 1.29 is 86.6 Å². The fraction of sp³-hybridized carbons (Fsp3) is 0.413. The summed E-state index contributed by atoms with van der Waals surface area (Å²) < 4.78 is 145. The van der Waals surface area contributed by atoms with Crippen molar-refractivity contribution in [2.45, 2.75) is 149 Å². The molecule has 22 nitrogen and oxygen atoms in total. The van der Waals surface area contributed by atoms with E-state index in [1.807, 2.05) is 112 Å². The highest BCUT2D eigenvalue weighted by Crippen LogP contribution is 2.37. The maximum atomic E-state index is 13.8. The maximum absolute atomic E-state index is 13.8. The Morgan fingerprint density at radius 2 is 0.676 bits per heavy atom. The number of rotatable bonds is 29. The largest absolute Gasteiger partial charge is 0.496 e. The van der Waals surface area contributed by atoms with Crippen molar-refractivity contribution >= 4 is 61.7 Å². The summed E-state index contributed by atoms with van der Waals surface area (Å²) in [6.45, 7) is 26.5. The van der Waals surface area contributed by atoms with Gasteiger partial charge in [-0.15, -0.1) is 0 Å². The Hall–Kier alpha value is -7.47. The zero-order chi connectivity index (χ0) is 76.8. The third-order valence-corrected chi connectivity index (χ3v) is 24.6. The van der Waals surface area contributed by atoms with Crippen molar-refractivity contribution in [2.75, 3.05) is 81.1 Å². The molecule has 0 spiro atoms. The van der Waals surface area contributed by atoms with E-state index in [-0.39, 0.29) is 85.3 Å². The molecule has 0 saturated carbocycles. The van der Waals surface area contributed by atoms with Gasteiger partial charge in [0.05, 0.1) is 67.8 Å². The van der Waals surface area contributed by atoms with Gasteiger partial charge in [-0.05, 0) is 212 Å². The van der Waals surface area contributed by atoms with E-state index in [2.05, 4.69) is 0 Å². The Morgan fingerprint density at radius 1 is 0.412 bits per heavy atom. The SMILES string of the molecule is COc1cc(C)c(S(=O)(=O)Cl)c(C)c1C.COc1cc(C)c(S(=O)(=O)N(CCO)Cc2ccccc2)c(C)c1C.COc1cc(C)c(S(=O)(=O)N(CCOCC(=O)O)Cc2ccccc2)c(C)c1C.COc1cc(C)c(S(=O)(=O)N(CCOCC(=O)OC(C)(C)C)Cc2ccccc2)c(C)c1C. The Labute approximate surface area is 609 Å². The second-order valence-corrected chi connectivity index (χ2v) is 33.2. The first-order chi connectivity index (χ1) is 47.7. The van der Waals surface area contributed by atoms with Crippen LogP contribution in [0.1, 0.15) is 104 Å². The molecule has 7 aromatic rings. The molecule has 0 heterocycles. The van der Waals surface area contributed by atoms with Crippen LogP contribution in [0.3, 0.4) is 0 Å². The van der Waals surface area contributed by atoms with Gasteiger partial charge in [0.25, 0.3) is 9.05 Å². The summed E-state index contributed by atoms with van der Waals surface area (Å²) in [6, 6.07) is 34.9. The van der Waals surface area contributed by atoms with Gasteiger partial charge in [0, 0.05) is 50.0 Å². The number of aryl methyl sites for hydroxylation is 4. The second kappa shape index (κ2) is 38.9. The minimum absolute atomic E-state index is 0.0222. The number of aliphatic hydroxyl groups is 1. The van der Waals surface area contributed by atoms with Gasteiger partial charge < -0.3 is 43.4 Å². The van der Waals surface area contributed by atoms with Gasteiger partial charge >= 0.3 is 11.9 Å². The van der Waals surface area contributed by atoms with Gasteiger partial charge in [0.2, 0.25) is 30.1 Å². The summed E-state index contributed by atoms with van der Waals surface area (Å²) >= 11 is 0. The van der Waals surface area contributed by atoms with Crippen molar-refractivity contribution in [3.05, 3.63) is 199 Å². The monoisotopic (exact) mass is 1510 g/mol. The van der Waals surface area contributed by atoms with Crippen molar-refractivity contribution in [1.82, 2.24) is 12.9 Å². The molecular weight excluding hydrogens is 1410 g/mol. The van der Waals surface area contributed by atoms with Gasteiger partial charge in [-0.3, -0.25) is 0 Å². The number of aliphatic carboxylic acids is 1. The van der Waals surface area contributed by atoms with Gasteiger partial charge in [-0.2, -0.15) is 12.9 Å². The van der Waals surface area contributed by atoms with E-state index in [9.17, 15) is 48.4 Å². The topological polar surface area (TPSA) is 285 Å². The molecule has 0 aromatic heterocycles. The lowest BCUT2D eigenvalue weighted by molar-refractivity contribution is -0.160. The number of nitrogens with zero attached hydrogens (tertiary/aromatic N) is 3. The van der Waals surface area contributed by atoms with Crippen LogP contribution in [0.2, 0.25) is 0 Å². The Morgan fingerprint density at radius 3 is 0.931 bits per heavy atom. The van der Waals surface area contributed by atoms with E-state index in [0.29, 0.717) is 67.5 Å². The molecule has 0 amide bonds. The van der Waals surface area contributed by atoms with Crippen LogP contribution >= 0.6 is 10.7 Å². The molecule has 0 radical (unpaired) electrons. The van der Waals surface area contributed by atoms with E-state index in [4.69, 9.17) is 48.9 Å². The van der Waals surface area contributed by atoms with E-state index in [1.54, 1.807) is 136 Å². The molecule has 0 aliphatic rings. The Bertz CT molecular complexity index is 4460. The minimum Gasteiger partial charge on any atom is -0.496 e. The van der Waals surface area contributed by atoms with Gasteiger partial charge in [0.1, 0.15) is 41.8 Å². The Balaban J connectivity index is 0.000000297. The zero-order valence-electron chi connectivity index (χ0n) is 61.9. The van der Waals surface area contributed by atoms with Gasteiger partial charge in [-0.1, -0.05) is 91.0 Å². The first-order valence-electron chi connectivity index (χ1n) is 32.5. The quantitative estimate of drug-likeness (QED) is 0.0250. The van der Waals surface area contributed by atoms with Crippen LogP contribution in [0.4, 0.5) is 0 Å². The van der Waals surface area contributed by atoms with Crippen LogP contribution in [0.5, 0.6) is 23.0 Å². The molecule has 560 valence electrons. The number of methoxy groups -OCH3 is 4. The van der Waals surface area contributed by atoms with Crippen LogP contribution in [-0.2, 0) is 82.6 Å². The van der Waals surface area contributed by atoms with Crippen molar-refractivity contribution in [3.63, 3.8) is 0 Å². The molecule has 0 aliphatic heterocycles. The molecule has 0 saturated heterocycles. The summed E-state index contributed by atoms with van der Waals surface area (Å²) in [4.78, 5) is 23.6. The smallest absolute Gasteiger partial charge is 0.332 e. The average molecular weight is 1510 g/mol. The van der Waals surface area contributed by atoms with Crippen LogP contribution in [0.25, 0.3) is 0 Å². The molecule has 27 heteroatoms. The third-order valence-electron chi connectivity index (χ3n) is 16.6. The zero-order valence-corrected chi connectivity index (χ0v) is 66.0. The molecule has 0 fully saturated rings. The number of carboxylic acid groups (broad SMARTS) is 1. The molecular formula is C75H100ClN3O19S4. The lowest BCUT2D eigenvalue weighted by Gasteiger charge is -2.25. The number of benzene rings is 7. The number of ether oxygens (including phenoxy) is 7. The molecule has 0 bridgehead atoms. The highest BCUT2D eigenvalue weighted by atomic mass is 35.7. The highest BCUT2D eigenvalue weighted by Gasteiger charge is 2.33. The summed E-state index contributed by atoms with van der Waals surface area (Å²) in [5.74, 6) is 1.05. The molecule has 2 N–H and O–H groups in total. The standard InChI is InChI=1S/C25H35NO6S.C21H27NO6S.C19H25NO4S.C10H13ClO3S/c1-18-15-22(30-7)19(2)20(3)24(18)33(28,29)26(16-21-11-9-8-10-12-21)13-14-31-17-23(27)32-25(4,5)6;1-15-12-19(27-4)16(2)17(3)21(15)29(25,26)22(10-11-28-14-20(23)24)13-18-8-6-5-7-9-18;1-14-12-18(24-4)15(2)16(3)19(14)25(22,23)20(10-11-21)13-17-8-6-5-7-9-17;1-6-5-9(14-4)7(2)8(3)10(6)15(11,12)13/h8-12,15H,13-14,16-17H2,1-7H3;5-9,12H,10-11,13-14H2,1-4H3,(H,23,24);5-9,12,21H,10-11,13H2,1-4H3;5H,1-4H3. The Kier molecular flexibility index (Phi) is 33.1. The van der Waals surface area contributed by atoms with Crippen LogP contribution in [0, 0.1) is 83.1 Å². The molecule has 7 rings (SSSR count). The normalized spacial score (nSPS) is 11.8. The van der Waals surface area contributed by atoms with E-state index in [1.165, 1.54) is 12.9 Å². The van der Waals surface area contributed by atoms with E-state index >= 15 is 0 Å². The number of hydrogen-bond donors (Lipinski definition) is 2. The van der Waals surface area contributed by atoms with Crippen LogP contribution in [0.15, 0.2) is 135 Å². The maximum Gasteiger partial charge on any atom is 0.332 e. The van der Waals surface area contributed by atoms with Crippen molar-refractivity contribution in [1.29, 1.82) is 0 Å². The lowest BCUT2D eigenvalue weighted by Crippen LogP contribution is -2.35. The number of esters is 1. The van der Waals surface area contributed by atoms with Gasteiger partial charge in [-0.25, -0.2) is 43.3 Å². The first-order valence-corrected chi connectivity index (χ1v) is 39.1. The van der Waals surface area contributed by atoms with E-state index in [0.717, 1.165) is 38.9 Å². The van der Waals surface area contributed by atoms with Crippen LogP contribution in [-0.4, -0.2) is 155 Å². The number of sulfonamides is 3. The highest BCUT2D eigenvalue weighted by molar-refractivity contribution is 8.13. The number of carbonyl (C=O) groups excluding carboxylic acids is 1. The third kappa shape index (κ3) is 23.8. The fourth-order valence-electron chi connectivity index (χ4n) is 11.2. The summed E-state index contributed by atoms with van der Waals surface area (Å²) in [5, 5.41) is 18.1. The molecule has 7 aromatic carbocycles. The number of aliphatic hydroxyl groups excluding tert-OH is 1. The van der Waals surface area contributed by atoms with E-state index < -0.39 is 63.3 Å².